The number of carboxylic acids is 3. The zero-order valence-corrected chi connectivity index (χ0v) is 38.0. The number of benzene rings is 2. The van der Waals surface area contributed by atoms with E-state index in [1.807, 2.05) is 23.1 Å². The SMILES string of the molecule is C=CC(=O)N1CCN(c2nc(OCCCCCNC(=O)CN3CCN(CC(=O)O)CCN(CC(=O)O)CCN(CC(=O)O)CC3)nc3c2CCN(c2cc(O)cc4cccc(Cl)c24)C3)CC1. The molecule has 66 heavy (non-hydrogen) atoms. The van der Waals surface area contributed by atoms with E-state index in [4.69, 9.17) is 26.3 Å². The molecule has 0 aliphatic carbocycles. The largest absolute Gasteiger partial charge is 0.508 e. The van der Waals surface area contributed by atoms with Crippen molar-refractivity contribution >= 4 is 63.6 Å². The third kappa shape index (κ3) is 14.3. The number of aliphatic carboxylic acids is 3. The van der Waals surface area contributed by atoms with Crippen molar-refractivity contribution in [1.29, 1.82) is 0 Å². The lowest BCUT2D eigenvalue weighted by Gasteiger charge is -2.38. The molecule has 3 aliphatic rings. The first-order valence-electron chi connectivity index (χ1n) is 22.4. The number of anilines is 2. The lowest BCUT2D eigenvalue weighted by atomic mass is 10.0. The number of nitrogens with zero attached hydrogens (tertiary/aromatic N) is 9. The highest BCUT2D eigenvalue weighted by molar-refractivity contribution is 6.36. The van der Waals surface area contributed by atoms with Crippen LogP contribution in [-0.2, 0) is 36.9 Å². The number of rotatable bonds is 18. The van der Waals surface area contributed by atoms with Gasteiger partial charge in [-0.3, -0.25) is 43.6 Å². The molecule has 2 aromatic carbocycles. The molecule has 358 valence electrons. The van der Waals surface area contributed by atoms with Crippen LogP contribution in [0.15, 0.2) is 43.0 Å². The first-order valence-corrected chi connectivity index (χ1v) is 22.8. The Morgan fingerprint density at radius 1 is 0.727 bits per heavy atom. The molecule has 4 heterocycles. The summed E-state index contributed by atoms with van der Waals surface area (Å²) in [6.45, 7) is 9.56. The summed E-state index contributed by atoms with van der Waals surface area (Å²) in [7, 11) is 0. The maximum atomic E-state index is 13.2. The number of carbonyl (C=O) groups excluding carboxylic acids is 2. The number of nitrogens with one attached hydrogen (secondary N) is 1. The van der Waals surface area contributed by atoms with Gasteiger partial charge in [-0.1, -0.05) is 30.3 Å². The van der Waals surface area contributed by atoms with Crippen LogP contribution < -0.4 is 19.9 Å². The standard InChI is InChI=1S/C45H61ClN10O10/c1-2-39(59)54-20-22-55(23-21-54)44-34-9-11-56(37-26-33(57)25-32-7-6-8-35(46)43(32)37)27-36(34)48-45(49-44)66-24-5-3-4-10-47-38(58)28-50-12-14-51(29-40(60)61)16-18-53(31-42(64)65)19-17-52(15-13-50)30-41(62)63/h2,6-8,25-26,57H,1,3-5,9-24,27-31H2,(H,47,58)(H,60,61)(H,62,63)(H,64,65). The molecule has 1 aromatic heterocycles. The van der Waals surface area contributed by atoms with Gasteiger partial charge in [0.25, 0.3) is 0 Å². The average Bonchev–Trinajstić information content (AvgIpc) is 3.28. The van der Waals surface area contributed by atoms with Crippen molar-refractivity contribution in [3.63, 3.8) is 0 Å². The van der Waals surface area contributed by atoms with E-state index in [0.29, 0.717) is 129 Å². The van der Waals surface area contributed by atoms with E-state index in [2.05, 4.69) is 21.7 Å². The molecule has 3 aromatic rings. The van der Waals surface area contributed by atoms with E-state index in [0.717, 1.165) is 40.0 Å². The highest BCUT2D eigenvalue weighted by atomic mass is 35.5. The Balaban J connectivity index is 1.04. The monoisotopic (exact) mass is 936 g/mol. The third-order valence-electron chi connectivity index (χ3n) is 12.1. The van der Waals surface area contributed by atoms with Gasteiger partial charge in [-0.15, -0.1) is 0 Å². The van der Waals surface area contributed by atoms with Gasteiger partial charge in [0.15, 0.2) is 0 Å². The molecular weight excluding hydrogens is 876 g/mol. The number of halogens is 1. The van der Waals surface area contributed by atoms with Crippen LogP contribution in [-0.4, -0.2) is 209 Å². The van der Waals surface area contributed by atoms with Crippen molar-refractivity contribution in [3.8, 4) is 11.8 Å². The molecule has 0 bridgehead atoms. The van der Waals surface area contributed by atoms with Gasteiger partial charge < -0.3 is 45.2 Å². The molecule has 20 nitrogen and oxygen atoms in total. The zero-order chi connectivity index (χ0) is 47.2. The maximum Gasteiger partial charge on any atom is 0.318 e. The van der Waals surface area contributed by atoms with Crippen molar-refractivity contribution in [2.75, 3.05) is 134 Å². The molecular formula is C45H61ClN10O10. The summed E-state index contributed by atoms with van der Waals surface area (Å²) in [5.74, 6) is -2.44. The molecule has 0 spiro atoms. The third-order valence-corrected chi connectivity index (χ3v) is 12.4. The lowest BCUT2D eigenvalue weighted by Crippen LogP contribution is -2.49. The minimum Gasteiger partial charge on any atom is -0.508 e. The normalized spacial score (nSPS) is 17.4. The van der Waals surface area contributed by atoms with Gasteiger partial charge in [-0.25, -0.2) is 0 Å². The van der Waals surface area contributed by atoms with Crippen molar-refractivity contribution in [1.82, 2.24) is 39.8 Å². The van der Waals surface area contributed by atoms with Crippen molar-refractivity contribution in [3.05, 3.63) is 59.3 Å². The van der Waals surface area contributed by atoms with Crippen LogP contribution in [0.4, 0.5) is 11.5 Å². The summed E-state index contributed by atoms with van der Waals surface area (Å²) in [5.41, 5.74) is 2.63. The topological polar surface area (TPSA) is 236 Å². The van der Waals surface area contributed by atoms with Crippen LogP contribution in [0.25, 0.3) is 10.8 Å². The Hall–Kier alpha value is -5.80. The molecule has 0 saturated carbocycles. The number of carboxylic acid groups (broad SMARTS) is 3. The fourth-order valence-corrected chi connectivity index (χ4v) is 8.90. The van der Waals surface area contributed by atoms with Crippen molar-refractivity contribution in [2.24, 2.45) is 0 Å². The molecule has 3 aliphatic heterocycles. The second kappa shape index (κ2) is 24.1. The fourth-order valence-electron chi connectivity index (χ4n) is 8.62. The number of ether oxygens (including phenoxy) is 1. The van der Waals surface area contributed by atoms with Gasteiger partial charge in [0.2, 0.25) is 11.8 Å². The van der Waals surface area contributed by atoms with E-state index in [1.165, 1.54) is 6.08 Å². The number of aromatic hydroxyl groups is 1. The Bertz CT molecular complexity index is 2180. The number of hydrogen-bond donors (Lipinski definition) is 5. The summed E-state index contributed by atoms with van der Waals surface area (Å²) >= 11 is 6.70. The fraction of sp³-hybridized carbons (Fsp3) is 0.533. The van der Waals surface area contributed by atoms with E-state index in [-0.39, 0.29) is 49.8 Å². The maximum absolute atomic E-state index is 13.2. The molecule has 2 saturated heterocycles. The highest BCUT2D eigenvalue weighted by Gasteiger charge is 2.30. The van der Waals surface area contributed by atoms with Gasteiger partial charge in [0.05, 0.1) is 55.7 Å². The number of phenolic OH excluding ortho intramolecular Hbond substituents is 1. The van der Waals surface area contributed by atoms with E-state index in [1.54, 1.807) is 31.7 Å². The van der Waals surface area contributed by atoms with Gasteiger partial charge in [-0.05, 0) is 49.3 Å². The zero-order valence-electron chi connectivity index (χ0n) is 37.3. The molecule has 2 amide bonds. The quantitative estimate of drug-likeness (QED) is 0.0899. The molecule has 0 atom stereocenters. The van der Waals surface area contributed by atoms with Crippen LogP contribution in [0.3, 0.4) is 0 Å². The molecule has 0 radical (unpaired) electrons. The van der Waals surface area contributed by atoms with Crippen molar-refractivity contribution in [2.45, 2.75) is 32.2 Å². The second-order valence-electron chi connectivity index (χ2n) is 16.8. The minimum atomic E-state index is -1.02. The Kier molecular flexibility index (Phi) is 18.1. The van der Waals surface area contributed by atoms with Crippen LogP contribution >= 0.6 is 11.6 Å². The van der Waals surface area contributed by atoms with Gasteiger partial charge in [0, 0.05) is 109 Å². The van der Waals surface area contributed by atoms with Crippen LogP contribution in [0, 0.1) is 0 Å². The summed E-state index contributed by atoms with van der Waals surface area (Å²) in [4.78, 5) is 83.1. The first-order chi connectivity index (χ1) is 31.8. The van der Waals surface area contributed by atoms with Crippen LogP contribution in [0.5, 0.6) is 11.8 Å². The first kappa shape index (κ1) is 49.6. The summed E-state index contributed by atoms with van der Waals surface area (Å²) in [5, 5.41) is 44.3. The number of unbranched alkanes of at least 4 members (excludes halogenated alkanes) is 2. The summed E-state index contributed by atoms with van der Waals surface area (Å²) in [6.07, 6.45) is 4.07. The van der Waals surface area contributed by atoms with Gasteiger partial charge >= 0.3 is 23.9 Å². The van der Waals surface area contributed by atoms with Crippen LogP contribution in [0.1, 0.15) is 30.5 Å². The lowest BCUT2D eigenvalue weighted by molar-refractivity contribution is -0.140. The number of aromatic nitrogens is 2. The molecule has 0 unspecified atom stereocenters. The Morgan fingerprint density at radius 2 is 1.32 bits per heavy atom. The van der Waals surface area contributed by atoms with E-state index < -0.39 is 17.9 Å². The number of phenols is 1. The number of hydrogen-bond acceptors (Lipinski definition) is 15. The molecule has 5 N–H and O–H groups in total. The predicted octanol–water partition coefficient (Wildman–Crippen LogP) is 1.53. The molecule has 2 fully saturated rings. The number of amides is 2. The predicted molar refractivity (Wildman–Crippen MR) is 247 cm³/mol. The van der Waals surface area contributed by atoms with E-state index in [9.17, 15) is 44.4 Å². The van der Waals surface area contributed by atoms with Gasteiger partial charge in [0.1, 0.15) is 11.6 Å². The van der Waals surface area contributed by atoms with E-state index >= 15 is 0 Å². The number of piperazine rings is 1. The summed E-state index contributed by atoms with van der Waals surface area (Å²) < 4.78 is 6.19. The number of fused-ring (bicyclic) bond motifs is 2. The molecule has 6 rings (SSSR count). The van der Waals surface area contributed by atoms with Crippen LogP contribution in [0.2, 0.25) is 5.02 Å². The van der Waals surface area contributed by atoms with Crippen molar-refractivity contribution < 1.29 is 49.1 Å². The molecule has 21 heteroatoms. The number of carbonyl (C=O) groups is 5. The average molecular weight is 937 g/mol. The highest BCUT2D eigenvalue weighted by Crippen LogP contribution is 2.39. The Labute approximate surface area is 388 Å². The van der Waals surface area contributed by atoms with Gasteiger partial charge in [-0.2, -0.15) is 9.97 Å². The smallest absolute Gasteiger partial charge is 0.318 e. The Morgan fingerprint density at radius 3 is 1.89 bits per heavy atom. The second-order valence-corrected chi connectivity index (χ2v) is 17.2. The minimum absolute atomic E-state index is 0.0415. The summed E-state index contributed by atoms with van der Waals surface area (Å²) in [6, 6.07) is 9.28.